The Labute approximate surface area is 118 Å². The first kappa shape index (κ1) is 12.4. The Morgan fingerprint density at radius 1 is 1.37 bits per heavy atom. The van der Waals surface area contributed by atoms with Crippen molar-refractivity contribution in [3.63, 3.8) is 0 Å². The largest absolute Gasteiger partial charge is 0.354 e. The summed E-state index contributed by atoms with van der Waals surface area (Å²) in [5, 5.41) is 5.98. The van der Waals surface area contributed by atoms with Crippen LogP contribution in [0.1, 0.15) is 12.6 Å². The normalized spacial score (nSPS) is 11.1. The second kappa shape index (κ2) is 5.14. The maximum Gasteiger partial charge on any atom is 0.225 e. The lowest BCUT2D eigenvalue weighted by Gasteiger charge is -2.04. The number of fused-ring (bicyclic) bond motifs is 1. The van der Waals surface area contributed by atoms with Gasteiger partial charge in [0, 0.05) is 17.6 Å². The van der Waals surface area contributed by atoms with Crippen molar-refractivity contribution in [2.75, 3.05) is 11.9 Å². The molecule has 98 valence electrons. The Balaban J connectivity index is 2.02. The third-order valence-corrected chi connectivity index (χ3v) is 4.41. The molecule has 0 amide bonds. The molecule has 3 rings (SSSR count). The number of nitrogens with zero attached hydrogens (tertiary/aromatic N) is 4. The second-order valence-electron chi connectivity index (χ2n) is 3.84. The fourth-order valence-electron chi connectivity index (χ4n) is 1.58. The SMILES string of the molecule is CCNc1nc(Sc2nc(C)cs2)c2[nH]cnc2n1. The molecule has 0 radical (unpaired) electrons. The summed E-state index contributed by atoms with van der Waals surface area (Å²) in [4.78, 5) is 20.5. The Bertz CT molecular complexity index is 704. The highest BCUT2D eigenvalue weighted by Crippen LogP contribution is 2.32. The van der Waals surface area contributed by atoms with E-state index < -0.39 is 0 Å². The third-order valence-electron chi connectivity index (χ3n) is 2.37. The van der Waals surface area contributed by atoms with Crippen molar-refractivity contribution in [3.05, 3.63) is 17.4 Å². The first-order valence-corrected chi connectivity index (χ1v) is 7.51. The van der Waals surface area contributed by atoms with Crippen LogP contribution in [-0.4, -0.2) is 31.5 Å². The molecule has 0 atom stereocenters. The monoisotopic (exact) mass is 292 g/mol. The van der Waals surface area contributed by atoms with Crippen LogP contribution in [-0.2, 0) is 0 Å². The number of H-pyrrole nitrogens is 1. The molecular formula is C11H12N6S2. The van der Waals surface area contributed by atoms with E-state index in [1.165, 1.54) is 11.8 Å². The van der Waals surface area contributed by atoms with E-state index in [4.69, 9.17) is 0 Å². The lowest BCUT2D eigenvalue weighted by atomic mass is 10.5. The summed E-state index contributed by atoms with van der Waals surface area (Å²) < 4.78 is 0.967. The van der Waals surface area contributed by atoms with Crippen LogP contribution >= 0.6 is 23.1 Å². The van der Waals surface area contributed by atoms with Crippen molar-refractivity contribution in [1.29, 1.82) is 0 Å². The molecule has 0 fully saturated rings. The Morgan fingerprint density at radius 3 is 3.00 bits per heavy atom. The van der Waals surface area contributed by atoms with Crippen LogP contribution in [0.2, 0.25) is 0 Å². The van der Waals surface area contributed by atoms with Gasteiger partial charge in [-0.1, -0.05) is 0 Å². The van der Waals surface area contributed by atoms with Crippen molar-refractivity contribution in [2.45, 2.75) is 23.2 Å². The van der Waals surface area contributed by atoms with Crippen molar-refractivity contribution >= 4 is 40.2 Å². The molecule has 0 aromatic carbocycles. The first-order valence-electron chi connectivity index (χ1n) is 5.81. The topological polar surface area (TPSA) is 79.4 Å². The summed E-state index contributed by atoms with van der Waals surface area (Å²) in [6.07, 6.45) is 1.63. The zero-order chi connectivity index (χ0) is 13.2. The highest BCUT2D eigenvalue weighted by molar-refractivity contribution is 8.01. The van der Waals surface area contributed by atoms with Gasteiger partial charge in [0.1, 0.15) is 10.5 Å². The summed E-state index contributed by atoms with van der Waals surface area (Å²) >= 11 is 3.14. The van der Waals surface area contributed by atoms with Crippen LogP contribution in [0.3, 0.4) is 0 Å². The molecule has 0 saturated carbocycles. The molecule has 2 N–H and O–H groups in total. The molecule has 0 aliphatic rings. The maximum absolute atomic E-state index is 4.50. The molecule has 0 saturated heterocycles. The van der Waals surface area contributed by atoms with E-state index in [-0.39, 0.29) is 0 Å². The molecule has 0 unspecified atom stereocenters. The van der Waals surface area contributed by atoms with Gasteiger partial charge in [0.25, 0.3) is 0 Å². The maximum atomic E-state index is 4.50. The van der Waals surface area contributed by atoms with Crippen LogP contribution in [0.4, 0.5) is 5.95 Å². The molecule has 3 aromatic heterocycles. The molecule has 19 heavy (non-hydrogen) atoms. The summed E-state index contributed by atoms with van der Waals surface area (Å²) in [5.41, 5.74) is 2.54. The van der Waals surface area contributed by atoms with E-state index in [1.807, 2.05) is 19.2 Å². The van der Waals surface area contributed by atoms with E-state index in [2.05, 4.69) is 30.2 Å². The van der Waals surface area contributed by atoms with Gasteiger partial charge in [-0.25, -0.2) is 15.0 Å². The molecule has 0 aliphatic carbocycles. The zero-order valence-corrected chi connectivity index (χ0v) is 12.1. The van der Waals surface area contributed by atoms with E-state index in [0.29, 0.717) is 11.6 Å². The minimum atomic E-state index is 0.595. The van der Waals surface area contributed by atoms with Crippen LogP contribution in [0.15, 0.2) is 21.1 Å². The smallest absolute Gasteiger partial charge is 0.225 e. The van der Waals surface area contributed by atoms with Gasteiger partial charge in [0.2, 0.25) is 5.95 Å². The summed E-state index contributed by atoms with van der Waals surface area (Å²) in [6, 6.07) is 0. The number of nitrogens with one attached hydrogen (secondary N) is 2. The van der Waals surface area contributed by atoms with Gasteiger partial charge < -0.3 is 10.3 Å². The fourth-order valence-corrected chi connectivity index (χ4v) is 3.41. The minimum absolute atomic E-state index is 0.595. The summed E-state index contributed by atoms with van der Waals surface area (Å²) in [6.45, 7) is 4.77. The predicted molar refractivity (Wildman–Crippen MR) is 76.8 cm³/mol. The number of hydrogen-bond donors (Lipinski definition) is 2. The number of aryl methyl sites for hydroxylation is 1. The number of anilines is 1. The molecule has 0 bridgehead atoms. The standard InChI is InChI=1S/C11H12N6S2/c1-3-12-10-16-8-7(13-5-14-8)9(17-10)19-11-15-6(2)4-18-11/h4-5H,3H2,1-2H3,(H2,12,13,14,16,17). The van der Waals surface area contributed by atoms with Crippen molar-refractivity contribution in [1.82, 2.24) is 24.9 Å². The first-order chi connectivity index (χ1) is 9.26. The quantitative estimate of drug-likeness (QED) is 0.720. The third kappa shape index (κ3) is 2.54. The molecule has 3 aromatic rings. The zero-order valence-electron chi connectivity index (χ0n) is 10.5. The molecule has 8 heteroatoms. The average molecular weight is 292 g/mol. The summed E-state index contributed by atoms with van der Waals surface area (Å²) in [5.74, 6) is 0.595. The van der Waals surface area contributed by atoms with Gasteiger partial charge >= 0.3 is 0 Å². The van der Waals surface area contributed by atoms with Gasteiger partial charge in [-0.05, 0) is 25.6 Å². The molecule has 0 aliphatic heterocycles. The van der Waals surface area contributed by atoms with Gasteiger partial charge in [-0.3, -0.25) is 0 Å². The molecule has 6 nitrogen and oxygen atoms in total. The number of imidazole rings is 1. The second-order valence-corrected chi connectivity index (χ2v) is 5.93. The van der Waals surface area contributed by atoms with E-state index in [0.717, 1.165) is 27.1 Å². The fraction of sp³-hybridized carbons (Fsp3) is 0.273. The van der Waals surface area contributed by atoms with Crippen LogP contribution < -0.4 is 5.32 Å². The highest BCUT2D eigenvalue weighted by atomic mass is 32.2. The predicted octanol–water partition coefficient (Wildman–Crippen LogP) is 2.70. The van der Waals surface area contributed by atoms with Crippen LogP contribution in [0.25, 0.3) is 11.2 Å². The lowest BCUT2D eigenvalue weighted by molar-refractivity contribution is 1.04. The average Bonchev–Trinajstić information content (AvgIpc) is 2.99. The van der Waals surface area contributed by atoms with Crippen molar-refractivity contribution in [3.8, 4) is 0 Å². The van der Waals surface area contributed by atoms with Gasteiger partial charge in [-0.2, -0.15) is 4.98 Å². The number of thiazole rings is 1. The number of aromatic nitrogens is 5. The van der Waals surface area contributed by atoms with Crippen molar-refractivity contribution < 1.29 is 0 Å². The molecule has 0 spiro atoms. The van der Waals surface area contributed by atoms with Crippen molar-refractivity contribution in [2.24, 2.45) is 0 Å². The van der Waals surface area contributed by atoms with E-state index in [9.17, 15) is 0 Å². The Morgan fingerprint density at radius 2 is 2.26 bits per heavy atom. The molecular weight excluding hydrogens is 280 g/mol. The van der Waals surface area contributed by atoms with Gasteiger partial charge in [0.05, 0.1) is 6.33 Å². The summed E-state index contributed by atoms with van der Waals surface area (Å²) in [7, 11) is 0. The van der Waals surface area contributed by atoms with E-state index in [1.54, 1.807) is 17.7 Å². The minimum Gasteiger partial charge on any atom is -0.354 e. The van der Waals surface area contributed by atoms with Crippen LogP contribution in [0, 0.1) is 6.92 Å². The van der Waals surface area contributed by atoms with Crippen LogP contribution in [0.5, 0.6) is 0 Å². The van der Waals surface area contributed by atoms with Gasteiger partial charge in [0.15, 0.2) is 9.99 Å². The Kier molecular flexibility index (Phi) is 3.34. The highest BCUT2D eigenvalue weighted by Gasteiger charge is 2.12. The number of aromatic amines is 1. The molecule has 3 heterocycles. The number of rotatable bonds is 4. The lowest BCUT2D eigenvalue weighted by Crippen LogP contribution is -2.03. The van der Waals surface area contributed by atoms with Gasteiger partial charge in [-0.15, -0.1) is 11.3 Å². The van der Waals surface area contributed by atoms with E-state index >= 15 is 0 Å². The Hall–Kier alpha value is -1.67. The number of hydrogen-bond acceptors (Lipinski definition) is 7.